The highest BCUT2D eigenvalue weighted by Crippen LogP contribution is 2.33. The molecule has 0 aliphatic heterocycles. The molecule has 1 aliphatic rings. The van der Waals surface area contributed by atoms with Gasteiger partial charge in [-0.2, -0.15) is 5.10 Å². The summed E-state index contributed by atoms with van der Waals surface area (Å²) < 4.78 is 7.83. The summed E-state index contributed by atoms with van der Waals surface area (Å²) >= 11 is 0. The van der Waals surface area contributed by atoms with E-state index < -0.39 is 0 Å². The molecule has 1 aromatic rings. The van der Waals surface area contributed by atoms with Crippen molar-refractivity contribution >= 4 is 0 Å². The molecule has 1 heterocycles. The maximum Gasteiger partial charge on any atom is 0.0644 e. The van der Waals surface area contributed by atoms with E-state index in [-0.39, 0.29) is 0 Å². The van der Waals surface area contributed by atoms with E-state index in [0.29, 0.717) is 18.2 Å². The molecule has 21 heavy (non-hydrogen) atoms. The van der Waals surface area contributed by atoms with Crippen molar-refractivity contribution in [1.82, 2.24) is 15.1 Å². The summed E-state index contributed by atoms with van der Waals surface area (Å²) in [5.41, 5.74) is 3.87. The number of hydrogen-bond acceptors (Lipinski definition) is 3. The molecule has 0 bridgehead atoms. The van der Waals surface area contributed by atoms with E-state index in [1.165, 1.54) is 36.2 Å². The van der Waals surface area contributed by atoms with Gasteiger partial charge in [0, 0.05) is 24.4 Å². The summed E-state index contributed by atoms with van der Waals surface area (Å²) in [6.07, 6.45) is 6.29. The van der Waals surface area contributed by atoms with Crippen LogP contribution in [-0.2, 0) is 4.74 Å². The van der Waals surface area contributed by atoms with Gasteiger partial charge in [-0.3, -0.25) is 4.68 Å². The van der Waals surface area contributed by atoms with Crippen molar-refractivity contribution in [2.24, 2.45) is 0 Å². The van der Waals surface area contributed by atoms with Crippen LogP contribution in [0.2, 0.25) is 0 Å². The second-order valence-corrected chi connectivity index (χ2v) is 6.38. The number of aromatic nitrogens is 2. The first kappa shape index (κ1) is 16.5. The topological polar surface area (TPSA) is 39.1 Å². The highest BCUT2D eigenvalue weighted by Gasteiger charge is 2.27. The average molecular weight is 293 g/mol. The van der Waals surface area contributed by atoms with Crippen LogP contribution in [0.4, 0.5) is 0 Å². The lowest BCUT2D eigenvalue weighted by Gasteiger charge is -2.29. The fourth-order valence-electron chi connectivity index (χ4n) is 3.68. The highest BCUT2D eigenvalue weighted by atomic mass is 16.5. The Bertz CT molecular complexity index is 455. The molecule has 0 spiro atoms. The molecule has 1 aromatic heterocycles. The first-order chi connectivity index (χ1) is 10.1. The molecule has 0 aromatic carbocycles. The first-order valence-electron chi connectivity index (χ1n) is 8.40. The molecule has 1 fully saturated rings. The molecule has 4 nitrogen and oxygen atoms in total. The van der Waals surface area contributed by atoms with Crippen molar-refractivity contribution in [2.75, 3.05) is 13.7 Å². The van der Waals surface area contributed by atoms with E-state index in [1.54, 1.807) is 0 Å². The van der Waals surface area contributed by atoms with Crippen LogP contribution in [0, 0.1) is 13.8 Å². The summed E-state index contributed by atoms with van der Waals surface area (Å²) in [5.74, 6) is 0. The molecule has 4 heteroatoms. The average Bonchev–Trinajstić information content (AvgIpc) is 2.80. The summed E-state index contributed by atoms with van der Waals surface area (Å²) in [6.45, 7) is 9.86. The molecule has 1 saturated carbocycles. The van der Waals surface area contributed by atoms with Crippen LogP contribution in [0.25, 0.3) is 0 Å². The molecule has 1 aliphatic carbocycles. The molecule has 120 valence electrons. The van der Waals surface area contributed by atoms with Crippen molar-refractivity contribution in [2.45, 2.75) is 78.0 Å². The Balaban J connectivity index is 2.18. The van der Waals surface area contributed by atoms with Crippen molar-refractivity contribution in [3.8, 4) is 0 Å². The summed E-state index contributed by atoms with van der Waals surface area (Å²) in [4.78, 5) is 0. The highest BCUT2D eigenvalue weighted by molar-refractivity contribution is 5.28. The van der Waals surface area contributed by atoms with Crippen molar-refractivity contribution in [3.63, 3.8) is 0 Å². The SMILES string of the molecule is CCCNC(C)c1c(C)nn(C2CCCC(OC)C2)c1C. The van der Waals surface area contributed by atoms with Gasteiger partial charge in [-0.05, 0) is 59.4 Å². The molecule has 0 saturated heterocycles. The molecule has 3 unspecified atom stereocenters. The third kappa shape index (κ3) is 3.67. The van der Waals surface area contributed by atoms with Gasteiger partial charge in [0.2, 0.25) is 0 Å². The maximum atomic E-state index is 5.57. The zero-order valence-electron chi connectivity index (χ0n) is 14.3. The van der Waals surface area contributed by atoms with E-state index in [4.69, 9.17) is 9.84 Å². The van der Waals surface area contributed by atoms with Gasteiger partial charge >= 0.3 is 0 Å². The molecule has 0 radical (unpaired) electrons. The Morgan fingerprint density at radius 3 is 2.81 bits per heavy atom. The van der Waals surface area contributed by atoms with Crippen molar-refractivity contribution in [3.05, 3.63) is 17.0 Å². The van der Waals surface area contributed by atoms with E-state index in [2.05, 4.69) is 37.7 Å². The van der Waals surface area contributed by atoms with Crippen LogP contribution >= 0.6 is 0 Å². The minimum Gasteiger partial charge on any atom is -0.381 e. The smallest absolute Gasteiger partial charge is 0.0644 e. The lowest BCUT2D eigenvalue weighted by molar-refractivity contribution is 0.0503. The van der Waals surface area contributed by atoms with Gasteiger partial charge in [-0.1, -0.05) is 6.92 Å². The number of nitrogens with zero attached hydrogens (tertiary/aromatic N) is 2. The van der Waals surface area contributed by atoms with E-state index >= 15 is 0 Å². The Kier molecular flexibility index (Phi) is 5.82. The summed E-state index contributed by atoms with van der Waals surface area (Å²) in [6, 6.07) is 0.870. The van der Waals surface area contributed by atoms with Gasteiger partial charge in [0.1, 0.15) is 0 Å². The number of aryl methyl sites for hydroxylation is 1. The van der Waals surface area contributed by atoms with Crippen LogP contribution in [0.3, 0.4) is 0 Å². The predicted molar refractivity (Wildman–Crippen MR) is 86.7 cm³/mol. The zero-order valence-corrected chi connectivity index (χ0v) is 14.3. The number of nitrogens with one attached hydrogen (secondary N) is 1. The summed E-state index contributed by atoms with van der Waals surface area (Å²) in [7, 11) is 1.83. The number of hydrogen-bond donors (Lipinski definition) is 1. The fourth-order valence-corrected chi connectivity index (χ4v) is 3.68. The molecule has 1 N–H and O–H groups in total. The predicted octanol–water partition coefficient (Wildman–Crippen LogP) is 3.69. The summed E-state index contributed by atoms with van der Waals surface area (Å²) in [5, 5.41) is 8.44. The van der Waals surface area contributed by atoms with Gasteiger partial charge in [-0.15, -0.1) is 0 Å². The molecule has 0 amide bonds. The Morgan fingerprint density at radius 1 is 1.38 bits per heavy atom. The maximum absolute atomic E-state index is 5.57. The Labute approximate surface area is 129 Å². The lowest BCUT2D eigenvalue weighted by Crippen LogP contribution is -2.26. The quantitative estimate of drug-likeness (QED) is 0.869. The number of rotatable bonds is 6. The van der Waals surface area contributed by atoms with E-state index in [9.17, 15) is 0 Å². The zero-order chi connectivity index (χ0) is 15.4. The molecule has 2 rings (SSSR count). The molecule has 3 atom stereocenters. The van der Waals surface area contributed by atoms with Crippen LogP contribution in [0.15, 0.2) is 0 Å². The first-order valence-corrected chi connectivity index (χ1v) is 8.40. The third-order valence-electron chi connectivity index (χ3n) is 4.79. The second kappa shape index (κ2) is 7.41. The van der Waals surface area contributed by atoms with Gasteiger partial charge in [-0.25, -0.2) is 0 Å². The second-order valence-electron chi connectivity index (χ2n) is 6.38. The fraction of sp³-hybridized carbons (Fsp3) is 0.824. The van der Waals surface area contributed by atoms with Crippen LogP contribution in [-0.4, -0.2) is 29.5 Å². The Hall–Kier alpha value is -0.870. The number of methoxy groups -OCH3 is 1. The number of ether oxygens (including phenoxy) is 1. The Morgan fingerprint density at radius 2 is 2.14 bits per heavy atom. The normalized spacial score (nSPS) is 24.2. The van der Waals surface area contributed by atoms with E-state index in [1.807, 2.05) is 7.11 Å². The standard InChI is InChI=1S/C17H31N3O/c1-6-10-18-12(2)17-13(3)19-20(14(17)4)15-8-7-9-16(11-15)21-5/h12,15-16,18H,6-11H2,1-5H3. The van der Waals surface area contributed by atoms with Crippen molar-refractivity contribution < 1.29 is 4.74 Å². The third-order valence-corrected chi connectivity index (χ3v) is 4.79. The van der Waals surface area contributed by atoms with E-state index in [0.717, 1.165) is 19.4 Å². The minimum atomic E-state index is 0.375. The van der Waals surface area contributed by atoms with Crippen LogP contribution < -0.4 is 5.32 Å². The lowest BCUT2D eigenvalue weighted by atomic mass is 9.92. The van der Waals surface area contributed by atoms with Gasteiger partial charge in [0.05, 0.1) is 17.8 Å². The largest absolute Gasteiger partial charge is 0.381 e. The van der Waals surface area contributed by atoms with Gasteiger partial charge in [0.25, 0.3) is 0 Å². The van der Waals surface area contributed by atoms with Crippen LogP contribution in [0.1, 0.15) is 75.0 Å². The van der Waals surface area contributed by atoms with Gasteiger partial charge in [0.15, 0.2) is 0 Å². The molecular formula is C17H31N3O. The molecular weight excluding hydrogens is 262 g/mol. The minimum absolute atomic E-state index is 0.375. The van der Waals surface area contributed by atoms with Crippen LogP contribution in [0.5, 0.6) is 0 Å². The van der Waals surface area contributed by atoms with Gasteiger partial charge < -0.3 is 10.1 Å². The monoisotopic (exact) mass is 293 g/mol. The van der Waals surface area contributed by atoms with Crippen molar-refractivity contribution in [1.29, 1.82) is 0 Å².